The Hall–Kier alpha value is -2.33. The van der Waals surface area contributed by atoms with Crippen molar-refractivity contribution in [3.63, 3.8) is 0 Å². The van der Waals surface area contributed by atoms with Crippen LogP contribution in [0.3, 0.4) is 0 Å². The standard InChI is InChI=1S/C16H13N3S/c17-16(18)15-8-7-14(10-19-15)20-13-6-5-11-3-1-2-4-12(11)9-13/h1-10H,(H3,17,18). The van der Waals surface area contributed by atoms with Crippen molar-refractivity contribution >= 4 is 28.4 Å². The van der Waals surface area contributed by atoms with Crippen LogP contribution < -0.4 is 5.73 Å². The molecule has 0 saturated carbocycles. The van der Waals surface area contributed by atoms with E-state index < -0.39 is 0 Å². The van der Waals surface area contributed by atoms with E-state index in [1.54, 1.807) is 24.0 Å². The van der Waals surface area contributed by atoms with E-state index >= 15 is 0 Å². The third-order valence-corrected chi connectivity index (χ3v) is 3.94. The van der Waals surface area contributed by atoms with Gasteiger partial charge in [-0.2, -0.15) is 0 Å². The van der Waals surface area contributed by atoms with Crippen LogP contribution >= 0.6 is 11.8 Å². The maximum absolute atomic E-state index is 7.33. The average molecular weight is 279 g/mol. The maximum Gasteiger partial charge on any atom is 0.141 e. The highest BCUT2D eigenvalue weighted by Crippen LogP contribution is 2.29. The second-order valence-electron chi connectivity index (χ2n) is 4.40. The first-order valence-electron chi connectivity index (χ1n) is 6.19. The number of nitrogens with zero attached hydrogens (tertiary/aromatic N) is 1. The Kier molecular flexibility index (Phi) is 3.39. The second-order valence-corrected chi connectivity index (χ2v) is 5.55. The monoisotopic (exact) mass is 279 g/mol. The van der Waals surface area contributed by atoms with E-state index in [4.69, 9.17) is 11.1 Å². The molecule has 0 atom stereocenters. The van der Waals surface area contributed by atoms with Gasteiger partial charge < -0.3 is 5.73 Å². The molecule has 2 aromatic carbocycles. The van der Waals surface area contributed by atoms with Crippen molar-refractivity contribution < 1.29 is 0 Å². The minimum Gasteiger partial charge on any atom is -0.382 e. The first kappa shape index (κ1) is 12.7. The summed E-state index contributed by atoms with van der Waals surface area (Å²) in [7, 11) is 0. The summed E-state index contributed by atoms with van der Waals surface area (Å²) in [6, 6.07) is 18.4. The Morgan fingerprint density at radius 1 is 0.950 bits per heavy atom. The number of hydrogen-bond donors (Lipinski definition) is 2. The lowest BCUT2D eigenvalue weighted by atomic mass is 10.1. The molecular weight excluding hydrogens is 266 g/mol. The van der Waals surface area contributed by atoms with Gasteiger partial charge in [0.25, 0.3) is 0 Å². The summed E-state index contributed by atoms with van der Waals surface area (Å²) < 4.78 is 0. The summed E-state index contributed by atoms with van der Waals surface area (Å²) in [6.07, 6.45) is 1.75. The first-order chi connectivity index (χ1) is 9.72. The largest absolute Gasteiger partial charge is 0.382 e. The van der Waals surface area contributed by atoms with Gasteiger partial charge in [0.1, 0.15) is 11.5 Å². The topological polar surface area (TPSA) is 62.8 Å². The Labute approximate surface area is 121 Å². The van der Waals surface area contributed by atoms with Crippen LogP contribution in [0.25, 0.3) is 10.8 Å². The van der Waals surface area contributed by atoms with Gasteiger partial charge in [0.2, 0.25) is 0 Å². The molecule has 0 fully saturated rings. The lowest BCUT2D eigenvalue weighted by Gasteiger charge is -2.04. The van der Waals surface area contributed by atoms with Crippen molar-refractivity contribution in [1.29, 1.82) is 5.41 Å². The molecule has 0 spiro atoms. The number of rotatable bonds is 3. The molecule has 0 aliphatic carbocycles. The molecule has 3 N–H and O–H groups in total. The van der Waals surface area contributed by atoms with Gasteiger partial charge in [0, 0.05) is 16.0 Å². The van der Waals surface area contributed by atoms with E-state index in [-0.39, 0.29) is 5.84 Å². The minimum atomic E-state index is -0.00717. The molecule has 0 aliphatic heterocycles. The van der Waals surface area contributed by atoms with Crippen LogP contribution in [0.5, 0.6) is 0 Å². The number of nitrogens with two attached hydrogens (primary N) is 1. The summed E-state index contributed by atoms with van der Waals surface area (Å²) in [5, 5.41) is 9.79. The van der Waals surface area contributed by atoms with Crippen LogP contribution in [0.2, 0.25) is 0 Å². The highest BCUT2D eigenvalue weighted by molar-refractivity contribution is 7.99. The zero-order valence-corrected chi connectivity index (χ0v) is 11.5. The molecule has 0 saturated heterocycles. The zero-order valence-electron chi connectivity index (χ0n) is 10.7. The Bertz CT molecular complexity index is 766. The molecular formula is C16H13N3S. The van der Waals surface area contributed by atoms with Crippen molar-refractivity contribution in [3.8, 4) is 0 Å². The van der Waals surface area contributed by atoms with E-state index in [9.17, 15) is 0 Å². The number of fused-ring (bicyclic) bond motifs is 1. The van der Waals surface area contributed by atoms with Gasteiger partial charge in [0.05, 0.1) is 0 Å². The van der Waals surface area contributed by atoms with E-state index in [0.29, 0.717) is 5.69 Å². The smallest absolute Gasteiger partial charge is 0.141 e. The highest BCUT2D eigenvalue weighted by Gasteiger charge is 2.02. The minimum absolute atomic E-state index is 0.00717. The molecule has 3 rings (SSSR count). The predicted molar refractivity (Wildman–Crippen MR) is 83.3 cm³/mol. The molecule has 0 unspecified atom stereocenters. The summed E-state index contributed by atoms with van der Waals surface area (Å²) in [4.78, 5) is 6.37. The molecule has 0 bridgehead atoms. The predicted octanol–water partition coefficient (Wildman–Crippen LogP) is 3.67. The first-order valence-corrected chi connectivity index (χ1v) is 7.01. The molecule has 0 aliphatic rings. The molecule has 98 valence electrons. The summed E-state index contributed by atoms with van der Waals surface area (Å²) in [5.41, 5.74) is 5.90. The fraction of sp³-hybridized carbons (Fsp3) is 0. The van der Waals surface area contributed by atoms with E-state index in [1.165, 1.54) is 15.7 Å². The number of aromatic nitrogens is 1. The maximum atomic E-state index is 7.33. The van der Waals surface area contributed by atoms with Gasteiger partial charge in [-0.1, -0.05) is 42.1 Å². The van der Waals surface area contributed by atoms with Crippen LogP contribution in [-0.2, 0) is 0 Å². The molecule has 0 amide bonds. The quantitative estimate of drug-likeness (QED) is 0.568. The van der Waals surface area contributed by atoms with Crippen LogP contribution in [0.4, 0.5) is 0 Å². The lowest BCUT2D eigenvalue weighted by Crippen LogP contribution is -2.12. The Morgan fingerprint density at radius 3 is 2.40 bits per heavy atom. The average Bonchev–Trinajstić information content (AvgIpc) is 2.48. The fourth-order valence-corrected chi connectivity index (χ4v) is 2.80. The fourth-order valence-electron chi connectivity index (χ4n) is 1.97. The Balaban J connectivity index is 1.87. The van der Waals surface area contributed by atoms with Gasteiger partial charge in [-0.3, -0.25) is 10.4 Å². The number of nitrogens with one attached hydrogen (secondary N) is 1. The highest BCUT2D eigenvalue weighted by atomic mass is 32.2. The van der Waals surface area contributed by atoms with Gasteiger partial charge in [0.15, 0.2) is 0 Å². The number of amidine groups is 1. The summed E-state index contributed by atoms with van der Waals surface area (Å²) in [6.45, 7) is 0. The number of pyridine rings is 1. The van der Waals surface area contributed by atoms with E-state index in [0.717, 1.165) is 4.90 Å². The molecule has 1 aromatic heterocycles. The van der Waals surface area contributed by atoms with Gasteiger partial charge >= 0.3 is 0 Å². The van der Waals surface area contributed by atoms with Crippen molar-refractivity contribution in [2.75, 3.05) is 0 Å². The molecule has 3 aromatic rings. The second kappa shape index (κ2) is 5.35. The van der Waals surface area contributed by atoms with Crippen molar-refractivity contribution in [1.82, 2.24) is 4.98 Å². The summed E-state index contributed by atoms with van der Waals surface area (Å²) in [5.74, 6) is -0.00717. The molecule has 1 heterocycles. The van der Waals surface area contributed by atoms with Crippen LogP contribution in [-0.4, -0.2) is 10.8 Å². The third-order valence-electron chi connectivity index (χ3n) is 2.97. The number of hydrogen-bond acceptors (Lipinski definition) is 3. The van der Waals surface area contributed by atoms with Gasteiger partial charge in [-0.05, 0) is 35.0 Å². The summed E-state index contributed by atoms with van der Waals surface area (Å²) >= 11 is 1.65. The van der Waals surface area contributed by atoms with Gasteiger partial charge in [-0.15, -0.1) is 0 Å². The van der Waals surface area contributed by atoms with Crippen LogP contribution in [0.1, 0.15) is 5.69 Å². The number of nitrogen functional groups attached to an aromatic ring is 1. The van der Waals surface area contributed by atoms with Crippen molar-refractivity contribution in [2.45, 2.75) is 9.79 Å². The Morgan fingerprint density at radius 2 is 1.70 bits per heavy atom. The molecule has 20 heavy (non-hydrogen) atoms. The number of benzene rings is 2. The normalized spacial score (nSPS) is 10.6. The van der Waals surface area contributed by atoms with E-state index in [1.807, 2.05) is 18.2 Å². The molecule has 4 heteroatoms. The lowest BCUT2D eigenvalue weighted by molar-refractivity contribution is 1.19. The van der Waals surface area contributed by atoms with E-state index in [2.05, 4.69) is 35.3 Å². The third kappa shape index (κ3) is 2.65. The van der Waals surface area contributed by atoms with Crippen molar-refractivity contribution in [3.05, 3.63) is 66.5 Å². The molecule has 0 radical (unpaired) electrons. The van der Waals surface area contributed by atoms with Crippen LogP contribution in [0.15, 0.2) is 70.6 Å². The van der Waals surface area contributed by atoms with Gasteiger partial charge in [-0.25, -0.2) is 0 Å². The SMILES string of the molecule is N=C(N)c1ccc(Sc2ccc3ccccc3c2)cn1. The zero-order chi connectivity index (χ0) is 13.9. The van der Waals surface area contributed by atoms with Crippen LogP contribution in [0, 0.1) is 5.41 Å². The molecule has 3 nitrogen and oxygen atoms in total. The van der Waals surface area contributed by atoms with Crippen molar-refractivity contribution in [2.24, 2.45) is 5.73 Å².